The number of sulfonamides is 1. The monoisotopic (exact) mass is 486 g/mol. The lowest BCUT2D eigenvalue weighted by molar-refractivity contribution is -0.132. The molecule has 8 heteroatoms. The Morgan fingerprint density at radius 2 is 1.62 bits per heavy atom. The molecular formula is C26H34N2O5S. The summed E-state index contributed by atoms with van der Waals surface area (Å²) in [7, 11) is -0.210. The van der Waals surface area contributed by atoms with E-state index in [0.29, 0.717) is 42.3 Å². The summed E-state index contributed by atoms with van der Waals surface area (Å²) in [5, 5.41) is 0. The highest BCUT2D eigenvalue weighted by Crippen LogP contribution is 2.37. The van der Waals surface area contributed by atoms with Gasteiger partial charge in [-0.1, -0.05) is 24.6 Å². The van der Waals surface area contributed by atoms with Gasteiger partial charge in [-0.15, -0.1) is 0 Å². The Labute approximate surface area is 202 Å². The minimum Gasteiger partial charge on any atom is -0.493 e. The number of aryl methyl sites for hydroxylation is 1. The number of hydrogen-bond donors (Lipinski definition) is 0. The van der Waals surface area contributed by atoms with E-state index in [1.165, 1.54) is 0 Å². The van der Waals surface area contributed by atoms with Crippen molar-refractivity contribution in [3.63, 3.8) is 0 Å². The number of piperidine rings is 1. The van der Waals surface area contributed by atoms with Crippen LogP contribution < -0.4 is 9.47 Å². The van der Waals surface area contributed by atoms with E-state index in [4.69, 9.17) is 9.47 Å². The second-order valence-electron chi connectivity index (χ2n) is 8.97. The molecule has 2 aromatic rings. The highest BCUT2D eigenvalue weighted by Gasteiger charge is 2.30. The summed E-state index contributed by atoms with van der Waals surface area (Å²) >= 11 is 0. The predicted octanol–water partition coefficient (Wildman–Crippen LogP) is 4.17. The van der Waals surface area contributed by atoms with Crippen LogP contribution in [0.3, 0.4) is 0 Å². The van der Waals surface area contributed by atoms with Gasteiger partial charge in [-0.25, -0.2) is 8.42 Å². The summed E-state index contributed by atoms with van der Waals surface area (Å²) in [6, 6.07) is 12.9. The molecule has 2 saturated heterocycles. The van der Waals surface area contributed by atoms with E-state index in [0.717, 1.165) is 49.8 Å². The molecule has 0 spiro atoms. The van der Waals surface area contributed by atoms with Crippen molar-refractivity contribution < 1.29 is 22.7 Å². The molecule has 0 unspecified atom stereocenters. The summed E-state index contributed by atoms with van der Waals surface area (Å²) in [6.07, 6.45) is 5.78. The summed E-state index contributed by atoms with van der Waals surface area (Å²) in [5.74, 6) is 1.45. The lowest BCUT2D eigenvalue weighted by Gasteiger charge is -2.26. The summed E-state index contributed by atoms with van der Waals surface area (Å²) in [4.78, 5) is 15.4. The van der Waals surface area contributed by atoms with Gasteiger partial charge in [0.15, 0.2) is 11.5 Å². The van der Waals surface area contributed by atoms with Crippen LogP contribution in [0.15, 0.2) is 47.4 Å². The normalized spacial score (nSPS) is 19.2. The standard InChI is InChI=1S/C26H34N2O5S/c1-32-24-14-11-21(19-25(24)33-2)23-7-6-18-28(23)26(29)15-10-20-8-12-22(13-9-20)34(30,31)27-16-4-3-5-17-27/h8-9,11-14,19,23H,3-7,10,15-18H2,1-2H3/t23-/m1/s1. The molecule has 184 valence electrons. The van der Waals surface area contributed by atoms with E-state index < -0.39 is 10.0 Å². The van der Waals surface area contributed by atoms with Crippen LogP contribution in [-0.2, 0) is 21.2 Å². The number of nitrogens with zero attached hydrogens (tertiary/aromatic N) is 2. The zero-order valence-corrected chi connectivity index (χ0v) is 20.9. The number of carbonyl (C=O) groups is 1. The van der Waals surface area contributed by atoms with Gasteiger partial charge in [-0.3, -0.25) is 4.79 Å². The van der Waals surface area contributed by atoms with Crippen LogP contribution in [0, 0.1) is 0 Å². The lowest BCUT2D eigenvalue weighted by Crippen LogP contribution is -2.35. The van der Waals surface area contributed by atoms with Gasteiger partial charge in [0.1, 0.15) is 0 Å². The van der Waals surface area contributed by atoms with Crippen molar-refractivity contribution in [2.45, 2.75) is 55.9 Å². The number of benzene rings is 2. The van der Waals surface area contributed by atoms with Crippen LogP contribution in [0.4, 0.5) is 0 Å². The van der Waals surface area contributed by atoms with Gasteiger partial charge in [-0.05, 0) is 67.5 Å². The SMILES string of the molecule is COc1ccc([C@H]2CCCN2C(=O)CCc2ccc(S(=O)(=O)N3CCCCC3)cc2)cc1OC. The number of carbonyl (C=O) groups excluding carboxylic acids is 1. The molecule has 0 N–H and O–H groups in total. The van der Waals surface area contributed by atoms with Crippen molar-refractivity contribution in [1.29, 1.82) is 0 Å². The van der Waals surface area contributed by atoms with Gasteiger partial charge >= 0.3 is 0 Å². The van der Waals surface area contributed by atoms with Gasteiger partial charge in [0.2, 0.25) is 15.9 Å². The number of methoxy groups -OCH3 is 2. The van der Waals surface area contributed by atoms with E-state index in [9.17, 15) is 13.2 Å². The molecule has 7 nitrogen and oxygen atoms in total. The minimum atomic E-state index is -3.43. The van der Waals surface area contributed by atoms with E-state index in [-0.39, 0.29) is 11.9 Å². The first kappa shape index (κ1) is 24.5. The smallest absolute Gasteiger partial charge is 0.243 e. The lowest BCUT2D eigenvalue weighted by atomic mass is 10.0. The Kier molecular flexibility index (Phi) is 7.78. The Balaban J connectivity index is 1.38. The summed E-state index contributed by atoms with van der Waals surface area (Å²) in [6.45, 7) is 1.93. The number of rotatable bonds is 8. The molecule has 0 bridgehead atoms. The Morgan fingerprint density at radius 3 is 2.29 bits per heavy atom. The van der Waals surface area contributed by atoms with Crippen molar-refractivity contribution in [3.05, 3.63) is 53.6 Å². The number of ether oxygens (including phenoxy) is 2. The molecule has 4 rings (SSSR count). The van der Waals surface area contributed by atoms with E-state index >= 15 is 0 Å². The fourth-order valence-electron chi connectivity index (χ4n) is 4.95. The molecule has 1 amide bonds. The first-order chi connectivity index (χ1) is 16.4. The van der Waals surface area contributed by atoms with Gasteiger partial charge < -0.3 is 14.4 Å². The highest BCUT2D eigenvalue weighted by atomic mass is 32.2. The predicted molar refractivity (Wildman–Crippen MR) is 131 cm³/mol. The van der Waals surface area contributed by atoms with E-state index in [2.05, 4.69) is 0 Å². The molecule has 0 aromatic heterocycles. The Hall–Kier alpha value is -2.58. The van der Waals surface area contributed by atoms with Crippen molar-refractivity contribution in [1.82, 2.24) is 9.21 Å². The second-order valence-corrected chi connectivity index (χ2v) is 10.9. The highest BCUT2D eigenvalue weighted by molar-refractivity contribution is 7.89. The van der Waals surface area contributed by atoms with E-state index in [1.54, 1.807) is 30.7 Å². The van der Waals surface area contributed by atoms with Crippen LogP contribution in [0.1, 0.15) is 55.7 Å². The van der Waals surface area contributed by atoms with Crippen LogP contribution in [0.5, 0.6) is 11.5 Å². The molecule has 2 heterocycles. The zero-order valence-electron chi connectivity index (χ0n) is 20.0. The minimum absolute atomic E-state index is 0.0318. The third-order valence-corrected chi connectivity index (χ3v) is 8.78. The average Bonchev–Trinajstić information content (AvgIpc) is 3.38. The second kappa shape index (κ2) is 10.8. The molecule has 0 saturated carbocycles. The van der Waals surface area contributed by atoms with Gasteiger partial charge in [-0.2, -0.15) is 4.31 Å². The molecule has 2 aliphatic rings. The fourth-order valence-corrected chi connectivity index (χ4v) is 6.47. The van der Waals surface area contributed by atoms with Crippen molar-refractivity contribution in [2.24, 2.45) is 0 Å². The van der Waals surface area contributed by atoms with Gasteiger partial charge in [0.05, 0.1) is 25.2 Å². The number of likely N-dealkylation sites (tertiary alicyclic amines) is 1. The summed E-state index contributed by atoms with van der Waals surface area (Å²) < 4.78 is 38.0. The van der Waals surface area contributed by atoms with Crippen LogP contribution in [0.2, 0.25) is 0 Å². The maximum atomic E-state index is 13.1. The fraction of sp³-hybridized carbons (Fsp3) is 0.500. The first-order valence-corrected chi connectivity index (χ1v) is 13.5. The first-order valence-electron chi connectivity index (χ1n) is 12.0. The molecule has 0 aliphatic carbocycles. The molecular weight excluding hydrogens is 452 g/mol. The molecule has 34 heavy (non-hydrogen) atoms. The Bertz CT molecular complexity index is 1090. The molecule has 1 atom stereocenters. The number of amides is 1. The van der Waals surface area contributed by atoms with Crippen LogP contribution in [-0.4, -0.2) is 57.4 Å². The van der Waals surface area contributed by atoms with Gasteiger partial charge in [0.25, 0.3) is 0 Å². The molecule has 2 aromatic carbocycles. The van der Waals surface area contributed by atoms with Gasteiger partial charge in [0, 0.05) is 26.1 Å². The number of hydrogen-bond acceptors (Lipinski definition) is 5. The average molecular weight is 487 g/mol. The van der Waals surface area contributed by atoms with Crippen molar-refractivity contribution in [2.75, 3.05) is 33.9 Å². The third-order valence-electron chi connectivity index (χ3n) is 6.87. The van der Waals surface area contributed by atoms with Crippen molar-refractivity contribution >= 4 is 15.9 Å². The Morgan fingerprint density at radius 1 is 0.912 bits per heavy atom. The quantitative estimate of drug-likeness (QED) is 0.560. The van der Waals surface area contributed by atoms with Crippen LogP contribution in [0.25, 0.3) is 0 Å². The topological polar surface area (TPSA) is 76.2 Å². The van der Waals surface area contributed by atoms with Crippen LogP contribution >= 0.6 is 0 Å². The van der Waals surface area contributed by atoms with Crippen molar-refractivity contribution in [3.8, 4) is 11.5 Å². The third kappa shape index (κ3) is 5.23. The maximum absolute atomic E-state index is 13.1. The molecule has 2 fully saturated rings. The zero-order chi connectivity index (χ0) is 24.1. The van der Waals surface area contributed by atoms with E-state index in [1.807, 2.05) is 35.2 Å². The largest absolute Gasteiger partial charge is 0.493 e. The maximum Gasteiger partial charge on any atom is 0.243 e. The summed E-state index contributed by atoms with van der Waals surface area (Å²) in [5.41, 5.74) is 2.02. The molecule has 0 radical (unpaired) electrons. The molecule has 2 aliphatic heterocycles.